The van der Waals surface area contributed by atoms with Crippen LogP contribution in [0.25, 0.3) is 0 Å². The zero-order valence-corrected chi connectivity index (χ0v) is 12.8. The van der Waals surface area contributed by atoms with Gasteiger partial charge in [0.2, 0.25) is 0 Å². The molecule has 2 fully saturated rings. The van der Waals surface area contributed by atoms with Crippen LogP contribution in [0.15, 0.2) is 17.5 Å². The Labute approximate surface area is 121 Å². The van der Waals surface area contributed by atoms with Gasteiger partial charge < -0.3 is 10.2 Å². The fraction of sp³-hybridized carbons (Fsp3) is 0.750. The van der Waals surface area contributed by atoms with Crippen molar-refractivity contribution in [3.63, 3.8) is 0 Å². The van der Waals surface area contributed by atoms with Crippen LogP contribution in [0, 0.1) is 5.92 Å². The van der Waals surface area contributed by atoms with Crippen LogP contribution < -0.4 is 5.32 Å². The highest BCUT2D eigenvalue weighted by Crippen LogP contribution is 2.42. The maximum Gasteiger partial charge on any atom is 0.0443 e. The molecule has 0 amide bonds. The van der Waals surface area contributed by atoms with Crippen molar-refractivity contribution in [1.29, 1.82) is 0 Å². The first-order valence-corrected chi connectivity index (χ1v) is 8.69. The predicted octanol–water partition coefficient (Wildman–Crippen LogP) is 3.66. The Morgan fingerprint density at radius 1 is 1.32 bits per heavy atom. The van der Waals surface area contributed by atoms with Crippen molar-refractivity contribution in [2.75, 3.05) is 20.1 Å². The first-order chi connectivity index (χ1) is 9.34. The lowest BCUT2D eigenvalue weighted by atomic mass is 10.1. The molecule has 0 spiro atoms. The number of nitrogens with one attached hydrogen (secondary N) is 1. The second kappa shape index (κ2) is 6.38. The lowest BCUT2D eigenvalue weighted by Gasteiger charge is -2.25. The van der Waals surface area contributed by atoms with Gasteiger partial charge in [0.25, 0.3) is 0 Å². The molecule has 106 valence electrons. The number of thiophene rings is 1. The van der Waals surface area contributed by atoms with E-state index in [4.69, 9.17) is 0 Å². The molecule has 1 unspecified atom stereocenters. The van der Waals surface area contributed by atoms with Gasteiger partial charge in [-0.25, -0.2) is 0 Å². The van der Waals surface area contributed by atoms with E-state index in [0.29, 0.717) is 6.04 Å². The van der Waals surface area contributed by atoms with Gasteiger partial charge in [-0.05, 0) is 50.1 Å². The number of hydrogen-bond donors (Lipinski definition) is 1. The Morgan fingerprint density at radius 3 is 2.74 bits per heavy atom. The lowest BCUT2D eigenvalue weighted by Crippen LogP contribution is -2.36. The van der Waals surface area contributed by atoms with Crippen molar-refractivity contribution >= 4 is 11.3 Å². The van der Waals surface area contributed by atoms with Crippen LogP contribution in [0.3, 0.4) is 0 Å². The largest absolute Gasteiger partial charge is 0.308 e. The van der Waals surface area contributed by atoms with Gasteiger partial charge in [0.05, 0.1) is 0 Å². The molecule has 1 aromatic heterocycles. The summed E-state index contributed by atoms with van der Waals surface area (Å²) in [7, 11) is 2.30. The molecule has 2 aliphatic carbocycles. The molecule has 1 atom stereocenters. The quantitative estimate of drug-likeness (QED) is 0.819. The molecular formula is C16H26N2S. The third-order valence-corrected chi connectivity index (χ3v) is 5.68. The molecule has 1 heterocycles. The van der Waals surface area contributed by atoms with Gasteiger partial charge in [-0.3, -0.25) is 0 Å². The summed E-state index contributed by atoms with van der Waals surface area (Å²) < 4.78 is 0. The van der Waals surface area contributed by atoms with Crippen LogP contribution >= 0.6 is 11.3 Å². The summed E-state index contributed by atoms with van der Waals surface area (Å²) in [5.41, 5.74) is 0. The van der Waals surface area contributed by atoms with Crippen molar-refractivity contribution in [3.05, 3.63) is 22.4 Å². The summed E-state index contributed by atoms with van der Waals surface area (Å²) in [6.45, 7) is 2.32. The SMILES string of the molecule is CN(CCNC(c1cccs1)C1CC1)C1CCCC1. The molecule has 0 aliphatic heterocycles. The summed E-state index contributed by atoms with van der Waals surface area (Å²) in [6, 6.07) is 5.95. The Bertz CT molecular complexity index is 366. The van der Waals surface area contributed by atoms with Crippen molar-refractivity contribution in [2.45, 2.75) is 50.6 Å². The smallest absolute Gasteiger partial charge is 0.0443 e. The van der Waals surface area contributed by atoms with E-state index in [9.17, 15) is 0 Å². The van der Waals surface area contributed by atoms with Crippen LogP contribution in [0.2, 0.25) is 0 Å². The minimum Gasteiger partial charge on any atom is -0.308 e. The topological polar surface area (TPSA) is 15.3 Å². The van der Waals surface area contributed by atoms with E-state index in [0.717, 1.165) is 18.5 Å². The zero-order chi connectivity index (χ0) is 13.1. The number of rotatable bonds is 7. The molecule has 0 saturated heterocycles. The predicted molar refractivity (Wildman–Crippen MR) is 82.7 cm³/mol. The van der Waals surface area contributed by atoms with Crippen LogP contribution in [-0.2, 0) is 0 Å². The molecule has 1 aromatic rings. The Morgan fingerprint density at radius 2 is 2.11 bits per heavy atom. The summed E-state index contributed by atoms with van der Waals surface area (Å²) in [6.07, 6.45) is 8.51. The van der Waals surface area contributed by atoms with E-state index in [1.165, 1.54) is 49.9 Å². The number of likely N-dealkylation sites (N-methyl/N-ethyl adjacent to an activating group) is 1. The van der Waals surface area contributed by atoms with E-state index < -0.39 is 0 Å². The molecule has 2 nitrogen and oxygen atoms in total. The maximum absolute atomic E-state index is 3.81. The van der Waals surface area contributed by atoms with E-state index in [1.807, 2.05) is 11.3 Å². The van der Waals surface area contributed by atoms with E-state index >= 15 is 0 Å². The standard InChI is InChI=1S/C16H26N2S/c1-18(14-5-2-3-6-14)11-10-17-16(13-8-9-13)15-7-4-12-19-15/h4,7,12-14,16-17H,2-3,5-6,8-11H2,1H3. The number of hydrogen-bond acceptors (Lipinski definition) is 3. The number of nitrogens with zero attached hydrogens (tertiary/aromatic N) is 1. The van der Waals surface area contributed by atoms with Crippen molar-refractivity contribution in [1.82, 2.24) is 10.2 Å². The van der Waals surface area contributed by atoms with E-state index in [-0.39, 0.29) is 0 Å². The maximum atomic E-state index is 3.81. The molecule has 2 aliphatic rings. The van der Waals surface area contributed by atoms with Crippen LogP contribution in [-0.4, -0.2) is 31.1 Å². The minimum atomic E-state index is 0.622. The second-order valence-corrected chi connectivity index (χ2v) is 7.18. The minimum absolute atomic E-state index is 0.622. The monoisotopic (exact) mass is 278 g/mol. The molecule has 2 saturated carbocycles. The third kappa shape index (κ3) is 3.59. The lowest BCUT2D eigenvalue weighted by molar-refractivity contribution is 0.241. The van der Waals surface area contributed by atoms with Crippen molar-refractivity contribution in [3.8, 4) is 0 Å². The molecule has 0 aromatic carbocycles. The average molecular weight is 278 g/mol. The van der Waals surface area contributed by atoms with Crippen LogP contribution in [0.4, 0.5) is 0 Å². The van der Waals surface area contributed by atoms with Crippen LogP contribution in [0.1, 0.15) is 49.4 Å². The van der Waals surface area contributed by atoms with E-state index in [1.54, 1.807) is 0 Å². The van der Waals surface area contributed by atoms with Gasteiger partial charge in [-0.1, -0.05) is 18.9 Å². The Balaban J connectivity index is 1.45. The summed E-state index contributed by atoms with van der Waals surface area (Å²) in [4.78, 5) is 4.10. The highest BCUT2D eigenvalue weighted by Gasteiger charge is 2.32. The molecule has 19 heavy (non-hydrogen) atoms. The molecular weight excluding hydrogens is 252 g/mol. The first-order valence-electron chi connectivity index (χ1n) is 7.81. The fourth-order valence-corrected chi connectivity index (χ4v) is 4.22. The molecule has 1 N–H and O–H groups in total. The van der Waals surface area contributed by atoms with Gasteiger partial charge in [0.1, 0.15) is 0 Å². The third-order valence-electron chi connectivity index (χ3n) is 4.72. The van der Waals surface area contributed by atoms with Gasteiger partial charge in [0.15, 0.2) is 0 Å². The normalized spacial score (nSPS) is 22.2. The molecule has 0 bridgehead atoms. The fourth-order valence-electron chi connectivity index (χ4n) is 3.32. The van der Waals surface area contributed by atoms with Crippen molar-refractivity contribution in [2.24, 2.45) is 5.92 Å². The Kier molecular flexibility index (Phi) is 4.57. The zero-order valence-electron chi connectivity index (χ0n) is 12.0. The van der Waals surface area contributed by atoms with Gasteiger partial charge >= 0.3 is 0 Å². The molecule has 3 rings (SSSR count). The Hall–Kier alpha value is -0.380. The highest BCUT2D eigenvalue weighted by molar-refractivity contribution is 7.10. The summed E-state index contributed by atoms with van der Waals surface area (Å²) in [5.74, 6) is 0.899. The van der Waals surface area contributed by atoms with Crippen molar-refractivity contribution < 1.29 is 0 Å². The van der Waals surface area contributed by atoms with E-state index in [2.05, 4.69) is 34.8 Å². The second-order valence-electron chi connectivity index (χ2n) is 6.20. The highest BCUT2D eigenvalue weighted by atomic mass is 32.1. The van der Waals surface area contributed by atoms with Gasteiger partial charge in [-0.15, -0.1) is 11.3 Å². The summed E-state index contributed by atoms with van der Waals surface area (Å²) >= 11 is 1.91. The van der Waals surface area contributed by atoms with Gasteiger partial charge in [0, 0.05) is 30.1 Å². The summed E-state index contributed by atoms with van der Waals surface area (Å²) in [5, 5.41) is 6.01. The molecule has 3 heteroatoms. The average Bonchev–Trinajstić information content (AvgIpc) is 2.94. The van der Waals surface area contributed by atoms with Crippen LogP contribution in [0.5, 0.6) is 0 Å². The molecule has 0 radical (unpaired) electrons. The first kappa shape index (κ1) is 13.6. The van der Waals surface area contributed by atoms with Gasteiger partial charge in [-0.2, -0.15) is 0 Å².